The number of nitrogens with zero attached hydrogens (tertiary/aromatic N) is 2. The van der Waals surface area contributed by atoms with Gasteiger partial charge in [0.05, 0.1) is 12.1 Å². The van der Waals surface area contributed by atoms with Crippen LogP contribution in [0.1, 0.15) is 36.8 Å². The highest BCUT2D eigenvalue weighted by atomic mass is 19.1. The molecule has 4 rings (SSSR count). The van der Waals surface area contributed by atoms with Crippen LogP contribution in [-0.4, -0.2) is 34.0 Å². The molecule has 0 spiro atoms. The van der Waals surface area contributed by atoms with Gasteiger partial charge >= 0.3 is 11.8 Å². The number of amides is 2. The topological polar surface area (TPSA) is 59.1 Å². The monoisotopic (exact) mass is 416 g/mol. The zero-order valence-electron chi connectivity index (χ0n) is 16.3. The molecule has 2 fully saturated rings. The van der Waals surface area contributed by atoms with Gasteiger partial charge in [0.1, 0.15) is 24.8 Å². The van der Waals surface area contributed by atoms with Crippen LogP contribution in [0.3, 0.4) is 0 Å². The van der Waals surface area contributed by atoms with E-state index in [0.717, 1.165) is 23.0 Å². The summed E-state index contributed by atoms with van der Waals surface area (Å²) in [4.78, 5) is 36.9. The van der Waals surface area contributed by atoms with Gasteiger partial charge in [-0.1, -0.05) is 37.1 Å². The fraction of sp³-hybridized carbons (Fsp3) is 0.364. The van der Waals surface area contributed by atoms with E-state index in [9.17, 15) is 18.4 Å². The third-order valence-corrected chi connectivity index (χ3v) is 5.45. The minimum atomic E-state index is -0.792. The molecule has 6 nitrogen and oxygen atoms in total. The summed E-state index contributed by atoms with van der Waals surface area (Å²) in [6.07, 6.45) is 3.18. The summed E-state index contributed by atoms with van der Waals surface area (Å²) in [6, 6.07) is 10.9. The fourth-order valence-electron chi connectivity index (χ4n) is 3.89. The van der Waals surface area contributed by atoms with E-state index in [-0.39, 0.29) is 36.9 Å². The molecule has 0 aromatic heterocycles. The minimum Gasteiger partial charge on any atom is -0.265 e. The van der Waals surface area contributed by atoms with Crippen LogP contribution in [0.4, 0.5) is 8.78 Å². The third-order valence-electron chi connectivity index (χ3n) is 5.45. The maximum Gasteiger partial charge on any atom is 0.338 e. The summed E-state index contributed by atoms with van der Waals surface area (Å²) >= 11 is 0. The molecule has 2 amide bonds. The van der Waals surface area contributed by atoms with Crippen LogP contribution in [0.5, 0.6) is 0 Å². The van der Waals surface area contributed by atoms with E-state index in [2.05, 4.69) is 0 Å². The molecule has 1 aliphatic heterocycles. The Labute approximate surface area is 172 Å². The molecular formula is C22H22F2N2O4. The lowest BCUT2D eigenvalue weighted by atomic mass is 9.88. The van der Waals surface area contributed by atoms with E-state index >= 15 is 0 Å². The first-order chi connectivity index (χ1) is 14.5. The number of halogens is 2. The predicted octanol–water partition coefficient (Wildman–Crippen LogP) is 3.51. The van der Waals surface area contributed by atoms with E-state index < -0.39 is 11.8 Å². The van der Waals surface area contributed by atoms with E-state index in [1.54, 1.807) is 24.3 Å². The number of hydrogen-bond donors (Lipinski definition) is 0. The number of rotatable bonds is 6. The molecule has 1 aliphatic carbocycles. The lowest BCUT2D eigenvalue weighted by Crippen LogP contribution is -2.65. The highest BCUT2D eigenvalue weighted by Gasteiger charge is 2.48. The van der Waals surface area contributed by atoms with Crippen molar-refractivity contribution in [2.24, 2.45) is 0 Å². The van der Waals surface area contributed by atoms with Crippen molar-refractivity contribution in [3.63, 3.8) is 0 Å². The van der Waals surface area contributed by atoms with Crippen molar-refractivity contribution in [3.05, 3.63) is 71.3 Å². The highest BCUT2D eigenvalue weighted by molar-refractivity contribution is 6.35. The third kappa shape index (κ3) is 4.34. The Kier molecular flexibility index (Phi) is 6.06. The summed E-state index contributed by atoms with van der Waals surface area (Å²) in [5.74, 6) is -2.30. The van der Waals surface area contributed by atoms with Crippen molar-refractivity contribution in [1.82, 2.24) is 10.1 Å². The average molecular weight is 416 g/mol. The van der Waals surface area contributed by atoms with Crippen LogP contribution < -0.4 is 0 Å². The fourth-order valence-corrected chi connectivity index (χ4v) is 3.89. The molecule has 158 valence electrons. The average Bonchev–Trinajstić information content (AvgIpc) is 2.76. The van der Waals surface area contributed by atoms with Gasteiger partial charge in [-0.15, -0.1) is 0 Å². The number of carbonyl (C=O) groups excluding carboxylic acids is 2. The Morgan fingerprint density at radius 3 is 1.43 bits per heavy atom. The van der Waals surface area contributed by atoms with E-state index in [4.69, 9.17) is 9.68 Å². The quantitative estimate of drug-likeness (QED) is 0.677. The lowest BCUT2D eigenvalue weighted by Gasteiger charge is -2.46. The van der Waals surface area contributed by atoms with Crippen molar-refractivity contribution in [2.75, 3.05) is 0 Å². The molecule has 0 radical (unpaired) electrons. The molecule has 1 saturated heterocycles. The second-order valence-electron chi connectivity index (χ2n) is 7.48. The molecule has 0 N–H and O–H groups in total. The van der Waals surface area contributed by atoms with Gasteiger partial charge in [0.2, 0.25) is 0 Å². The van der Waals surface area contributed by atoms with Crippen molar-refractivity contribution in [1.29, 1.82) is 0 Å². The molecule has 8 heteroatoms. The van der Waals surface area contributed by atoms with Gasteiger partial charge in [0.15, 0.2) is 0 Å². The van der Waals surface area contributed by atoms with Gasteiger partial charge in [-0.2, -0.15) is 0 Å². The molecule has 0 bridgehead atoms. The van der Waals surface area contributed by atoms with Gasteiger partial charge in [0, 0.05) is 0 Å². The Hall–Kier alpha value is -2.84. The summed E-state index contributed by atoms with van der Waals surface area (Å²) in [5.41, 5.74) is 1.39. The number of hydrogen-bond acceptors (Lipinski definition) is 4. The smallest absolute Gasteiger partial charge is 0.265 e. The van der Waals surface area contributed by atoms with E-state index in [1.807, 2.05) is 0 Å². The molecule has 1 saturated carbocycles. The zero-order chi connectivity index (χ0) is 21.1. The molecule has 30 heavy (non-hydrogen) atoms. The number of fused-ring (bicyclic) bond motifs is 1. The van der Waals surface area contributed by atoms with Gasteiger partial charge in [-0.3, -0.25) is 19.3 Å². The normalized spacial score (nSPS) is 21.7. The molecular weight excluding hydrogens is 394 g/mol. The highest BCUT2D eigenvalue weighted by Crippen LogP contribution is 2.32. The number of hydroxylamine groups is 4. The van der Waals surface area contributed by atoms with Crippen LogP contribution in [0.2, 0.25) is 0 Å². The van der Waals surface area contributed by atoms with Crippen molar-refractivity contribution in [2.45, 2.75) is 51.0 Å². The molecule has 1 heterocycles. The van der Waals surface area contributed by atoms with Crippen molar-refractivity contribution < 1.29 is 28.0 Å². The second kappa shape index (κ2) is 8.89. The van der Waals surface area contributed by atoms with Crippen LogP contribution in [0.15, 0.2) is 48.5 Å². The van der Waals surface area contributed by atoms with Crippen LogP contribution in [0, 0.1) is 11.6 Å². The van der Waals surface area contributed by atoms with Crippen LogP contribution in [0.25, 0.3) is 0 Å². The maximum atomic E-state index is 13.1. The summed E-state index contributed by atoms with van der Waals surface area (Å²) in [7, 11) is 0. The molecule has 2 aromatic rings. The summed E-state index contributed by atoms with van der Waals surface area (Å²) < 4.78 is 26.2. The molecule has 2 atom stereocenters. The summed E-state index contributed by atoms with van der Waals surface area (Å²) in [5, 5.41) is 2.32. The minimum absolute atomic E-state index is 0.0545. The van der Waals surface area contributed by atoms with Gasteiger partial charge in [-0.25, -0.2) is 18.9 Å². The first kappa shape index (κ1) is 20.4. The Morgan fingerprint density at radius 2 is 1.07 bits per heavy atom. The van der Waals surface area contributed by atoms with Crippen LogP contribution in [-0.2, 0) is 32.5 Å². The van der Waals surface area contributed by atoms with Crippen molar-refractivity contribution >= 4 is 11.8 Å². The summed E-state index contributed by atoms with van der Waals surface area (Å²) in [6.45, 7) is 0.109. The first-order valence-corrected chi connectivity index (χ1v) is 9.94. The number of benzene rings is 2. The standard InChI is InChI=1S/C22H22F2N2O4/c23-17-9-5-15(6-10-17)13-29-25-19-3-1-2-4-20(19)26(22(28)21(25)27)30-14-16-7-11-18(24)12-8-16/h5-12,19-20H,1-4,13-14H2/t19-,20-/m1/s1. The van der Waals surface area contributed by atoms with Crippen LogP contribution >= 0.6 is 0 Å². The number of piperazine rings is 1. The lowest BCUT2D eigenvalue weighted by molar-refractivity contribution is -0.270. The zero-order valence-corrected chi connectivity index (χ0v) is 16.3. The van der Waals surface area contributed by atoms with E-state index in [0.29, 0.717) is 24.0 Å². The van der Waals surface area contributed by atoms with Gasteiger partial charge < -0.3 is 0 Å². The number of carbonyl (C=O) groups is 2. The largest absolute Gasteiger partial charge is 0.338 e. The molecule has 2 aliphatic rings. The van der Waals surface area contributed by atoms with Crippen molar-refractivity contribution in [3.8, 4) is 0 Å². The van der Waals surface area contributed by atoms with E-state index in [1.165, 1.54) is 24.3 Å². The Morgan fingerprint density at radius 1 is 0.700 bits per heavy atom. The predicted molar refractivity (Wildman–Crippen MR) is 102 cm³/mol. The van der Waals surface area contributed by atoms with Gasteiger partial charge in [-0.05, 0) is 48.2 Å². The van der Waals surface area contributed by atoms with Gasteiger partial charge in [0.25, 0.3) is 0 Å². The SMILES string of the molecule is O=C1C(=O)N(OCc2ccc(F)cc2)[C@@H]2CCCC[C@H]2N1OCc1ccc(F)cc1. The molecule has 2 aromatic carbocycles. The molecule has 0 unspecified atom stereocenters. The Bertz CT molecular complexity index is 829. The second-order valence-corrected chi connectivity index (χ2v) is 7.48. The Balaban J connectivity index is 1.46. The first-order valence-electron chi connectivity index (χ1n) is 9.94. The maximum absolute atomic E-state index is 13.1.